The second-order valence-corrected chi connectivity index (χ2v) is 5.81. The summed E-state index contributed by atoms with van der Waals surface area (Å²) in [7, 11) is 0. The zero-order valence-corrected chi connectivity index (χ0v) is 12.1. The van der Waals surface area contributed by atoms with Crippen molar-refractivity contribution in [1.29, 1.82) is 0 Å². The van der Waals surface area contributed by atoms with Crippen LogP contribution in [0.25, 0.3) is 0 Å². The minimum atomic E-state index is 0.552. The van der Waals surface area contributed by atoms with E-state index >= 15 is 0 Å². The van der Waals surface area contributed by atoms with E-state index < -0.39 is 0 Å². The smallest absolute Gasteiger partial charge is 0.0660 e. The topological polar surface area (TPSA) is 29.3 Å². The van der Waals surface area contributed by atoms with E-state index in [1.165, 1.54) is 25.7 Å². The van der Waals surface area contributed by atoms with Crippen LogP contribution in [0.4, 0.5) is 11.4 Å². The van der Waals surface area contributed by atoms with Gasteiger partial charge in [0, 0.05) is 18.8 Å². The van der Waals surface area contributed by atoms with Crippen molar-refractivity contribution in [1.82, 2.24) is 0 Å². The van der Waals surface area contributed by atoms with Gasteiger partial charge in [-0.2, -0.15) is 0 Å². The Hall–Kier alpha value is -0.890. The van der Waals surface area contributed by atoms with Gasteiger partial charge in [0.1, 0.15) is 0 Å². The molecule has 2 nitrogen and oxygen atoms in total. The zero-order valence-electron chi connectivity index (χ0n) is 11.4. The summed E-state index contributed by atoms with van der Waals surface area (Å²) in [5.41, 5.74) is 8.16. The number of hydrogen-bond donors (Lipinski definition) is 1. The summed E-state index contributed by atoms with van der Waals surface area (Å²) >= 11 is 6.28. The first-order valence-corrected chi connectivity index (χ1v) is 7.28. The average Bonchev–Trinajstić information content (AvgIpc) is 2.39. The van der Waals surface area contributed by atoms with Crippen LogP contribution in [0.5, 0.6) is 0 Å². The van der Waals surface area contributed by atoms with Crippen molar-refractivity contribution in [2.45, 2.75) is 39.5 Å². The highest BCUT2D eigenvalue weighted by Gasteiger charge is 2.31. The number of halogens is 1. The molecule has 0 aliphatic carbocycles. The van der Waals surface area contributed by atoms with Crippen LogP contribution in [0.15, 0.2) is 18.2 Å². The molecule has 0 bridgehead atoms. The first kappa shape index (κ1) is 13.5. The maximum absolute atomic E-state index is 6.28. The van der Waals surface area contributed by atoms with Crippen LogP contribution in [0.2, 0.25) is 5.02 Å². The Balaban J connectivity index is 2.10. The predicted molar refractivity (Wildman–Crippen MR) is 80.3 cm³/mol. The van der Waals surface area contributed by atoms with Crippen LogP contribution >= 0.6 is 11.6 Å². The van der Waals surface area contributed by atoms with E-state index in [9.17, 15) is 0 Å². The van der Waals surface area contributed by atoms with Crippen molar-refractivity contribution in [3.63, 3.8) is 0 Å². The second-order valence-electron chi connectivity index (χ2n) is 5.41. The quantitative estimate of drug-likeness (QED) is 0.825. The average molecular weight is 267 g/mol. The van der Waals surface area contributed by atoms with Gasteiger partial charge in [0.05, 0.1) is 10.7 Å². The monoisotopic (exact) mass is 266 g/mol. The van der Waals surface area contributed by atoms with E-state index in [0.29, 0.717) is 5.41 Å². The van der Waals surface area contributed by atoms with Gasteiger partial charge >= 0.3 is 0 Å². The van der Waals surface area contributed by atoms with Crippen LogP contribution in [-0.2, 0) is 0 Å². The summed E-state index contributed by atoms with van der Waals surface area (Å²) in [6.07, 6.45) is 5.10. The van der Waals surface area contributed by atoms with Crippen molar-refractivity contribution in [2.24, 2.45) is 5.41 Å². The Kier molecular flexibility index (Phi) is 4.06. The van der Waals surface area contributed by atoms with Crippen molar-refractivity contribution in [3.8, 4) is 0 Å². The fraction of sp³-hybridized carbons (Fsp3) is 0.600. The number of nitrogens with two attached hydrogens (primary N) is 1. The van der Waals surface area contributed by atoms with Gasteiger partial charge in [0.2, 0.25) is 0 Å². The highest BCUT2D eigenvalue weighted by Crippen LogP contribution is 2.40. The Bertz CT molecular complexity index is 403. The van der Waals surface area contributed by atoms with Gasteiger partial charge in [0.25, 0.3) is 0 Å². The van der Waals surface area contributed by atoms with Crippen LogP contribution < -0.4 is 10.6 Å². The molecule has 1 aliphatic rings. The minimum absolute atomic E-state index is 0.552. The first-order chi connectivity index (χ1) is 8.60. The molecule has 1 aromatic carbocycles. The first-order valence-electron chi connectivity index (χ1n) is 6.90. The van der Waals surface area contributed by atoms with Crippen molar-refractivity contribution >= 4 is 23.0 Å². The third kappa shape index (κ3) is 2.59. The number of piperidine rings is 1. The van der Waals surface area contributed by atoms with Gasteiger partial charge in [-0.15, -0.1) is 0 Å². The van der Waals surface area contributed by atoms with Crippen LogP contribution in [0.1, 0.15) is 39.5 Å². The molecule has 0 atom stereocenters. The number of nitrogen functional groups attached to an aromatic ring is 1. The molecule has 18 heavy (non-hydrogen) atoms. The molecule has 1 aliphatic heterocycles. The third-order valence-corrected chi connectivity index (χ3v) is 4.94. The summed E-state index contributed by atoms with van der Waals surface area (Å²) in [6.45, 7) is 6.83. The summed E-state index contributed by atoms with van der Waals surface area (Å²) in [5, 5.41) is 0.774. The molecule has 0 amide bonds. The van der Waals surface area contributed by atoms with Crippen LogP contribution in [0.3, 0.4) is 0 Å². The van der Waals surface area contributed by atoms with E-state index in [1.54, 1.807) is 0 Å². The van der Waals surface area contributed by atoms with Gasteiger partial charge in [-0.05, 0) is 36.5 Å². The number of benzene rings is 1. The lowest BCUT2D eigenvalue weighted by atomic mass is 9.74. The van der Waals surface area contributed by atoms with E-state index in [-0.39, 0.29) is 0 Å². The van der Waals surface area contributed by atoms with Crippen LogP contribution in [-0.4, -0.2) is 13.1 Å². The largest absolute Gasteiger partial charge is 0.399 e. The molecule has 1 fully saturated rings. The van der Waals surface area contributed by atoms with E-state index in [0.717, 1.165) is 29.5 Å². The highest BCUT2D eigenvalue weighted by atomic mass is 35.5. The zero-order chi connectivity index (χ0) is 13.2. The molecule has 3 heteroatoms. The molecule has 100 valence electrons. The molecule has 0 spiro atoms. The Morgan fingerprint density at radius 3 is 2.33 bits per heavy atom. The molecule has 1 heterocycles. The maximum Gasteiger partial charge on any atom is 0.0660 e. The summed E-state index contributed by atoms with van der Waals surface area (Å²) < 4.78 is 0. The standard InChI is InChI=1S/C15H23ClN2/c1-3-15(4-2)7-9-18(10-8-15)14-6-5-12(17)11-13(14)16/h5-6,11H,3-4,7-10,17H2,1-2H3. The van der Waals surface area contributed by atoms with E-state index in [2.05, 4.69) is 18.7 Å². The lowest BCUT2D eigenvalue weighted by molar-refractivity contribution is 0.199. The van der Waals surface area contributed by atoms with Crippen molar-refractivity contribution in [2.75, 3.05) is 23.7 Å². The Morgan fingerprint density at radius 1 is 1.22 bits per heavy atom. The second kappa shape index (κ2) is 5.40. The molecule has 2 N–H and O–H groups in total. The van der Waals surface area contributed by atoms with Crippen molar-refractivity contribution in [3.05, 3.63) is 23.2 Å². The summed E-state index contributed by atoms with van der Waals surface area (Å²) in [5.74, 6) is 0. The fourth-order valence-corrected chi connectivity index (χ4v) is 3.27. The Morgan fingerprint density at radius 2 is 1.83 bits per heavy atom. The van der Waals surface area contributed by atoms with Gasteiger partial charge in [-0.1, -0.05) is 38.3 Å². The lowest BCUT2D eigenvalue weighted by Gasteiger charge is -2.42. The highest BCUT2D eigenvalue weighted by molar-refractivity contribution is 6.33. The molecule has 0 unspecified atom stereocenters. The number of nitrogens with zero attached hydrogens (tertiary/aromatic N) is 1. The third-order valence-electron chi connectivity index (χ3n) is 4.64. The van der Waals surface area contributed by atoms with Crippen LogP contribution in [0, 0.1) is 5.41 Å². The van der Waals surface area contributed by atoms with Gasteiger partial charge in [-0.3, -0.25) is 0 Å². The van der Waals surface area contributed by atoms with E-state index in [1.807, 2.05) is 18.2 Å². The number of anilines is 2. The molecule has 2 rings (SSSR count). The summed E-state index contributed by atoms with van der Waals surface area (Å²) in [6, 6.07) is 5.82. The minimum Gasteiger partial charge on any atom is -0.399 e. The molecule has 0 radical (unpaired) electrons. The van der Waals surface area contributed by atoms with Gasteiger partial charge < -0.3 is 10.6 Å². The number of rotatable bonds is 3. The molecular weight excluding hydrogens is 244 g/mol. The summed E-state index contributed by atoms with van der Waals surface area (Å²) in [4.78, 5) is 2.39. The van der Waals surface area contributed by atoms with Crippen molar-refractivity contribution < 1.29 is 0 Å². The maximum atomic E-state index is 6.28. The molecule has 1 aromatic rings. The number of hydrogen-bond acceptors (Lipinski definition) is 2. The van der Waals surface area contributed by atoms with Gasteiger partial charge in [-0.25, -0.2) is 0 Å². The lowest BCUT2D eigenvalue weighted by Crippen LogP contribution is -2.39. The Labute approximate surface area is 115 Å². The van der Waals surface area contributed by atoms with E-state index in [4.69, 9.17) is 17.3 Å². The molecular formula is C15H23ClN2. The SMILES string of the molecule is CCC1(CC)CCN(c2ccc(N)cc2Cl)CC1. The molecule has 0 aromatic heterocycles. The molecule has 0 saturated carbocycles. The normalized spacial score (nSPS) is 18.9. The molecule has 1 saturated heterocycles. The fourth-order valence-electron chi connectivity index (χ4n) is 2.96. The van der Waals surface area contributed by atoms with Gasteiger partial charge in [0.15, 0.2) is 0 Å². The predicted octanol–water partition coefficient (Wildman–Crippen LogP) is 4.33.